The molecule has 1 rings (SSSR count). The van der Waals surface area contributed by atoms with E-state index >= 15 is 0 Å². The van der Waals surface area contributed by atoms with Gasteiger partial charge in [-0.1, -0.05) is 18.7 Å². The summed E-state index contributed by atoms with van der Waals surface area (Å²) in [6, 6.07) is 6.27. The highest BCUT2D eigenvalue weighted by Crippen LogP contribution is 2.10. The quantitative estimate of drug-likeness (QED) is 0.617. The zero-order chi connectivity index (χ0) is 17.8. The minimum atomic E-state index is -0.983. The molecule has 0 aromatic heterocycles. The number of carbonyl (C=O) groups excluding carboxylic acids is 1. The van der Waals surface area contributed by atoms with Gasteiger partial charge in [0, 0.05) is 18.2 Å². The van der Waals surface area contributed by atoms with Gasteiger partial charge in [-0.2, -0.15) is 0 Å². The third-order valence-electron chi connectivity index (χ3n) is 2.43. The van der Waals surface area contributed by atoms with Crippen LogP contribution in [0.1, 0.15) is 12.5 Å². The van der Waals surface area contributed by atoms with Gasteiger partial charge in [-0.05, 0) is 44.8 Å². The van der Waals surface area contributed by atoms with Gasteiger partial charge in [0.25, 0.3) is 0 Å². The molecule has 1 aromatic rings. The van der Waals surface area contributed by atoms with Crippen LogP contribution in [0.4, 0.5) is 0 Å². The van der Waals surface area contributed by atoms with Crippen molar-refractivity contribution >= 4 is 18.0 Å². The highest BCUT2D eigenvalue weighted by atomic mass is 16.5. The summed E-state index contributed by atoms with van der Waals surface area (Å²) >= 11 is 0. The van der Waals surface area contributed by atoms with Crippen molar-refractivity contribution in [1.29, 1.82) is 0 Å². The number of carboxylic acids is 1. The molecular formula is C17H23NO5. The molecule has 23 heavy (non-hydrogen) atoms. The van der Waals surface area contributed by atoms with E-state index in [2.05, 4.69) is 6.58 Å². The van der Waals surface area contributed by atoms with Gasteiger partial charge in [0.2, 0.25) is 0 Å². The van der Waals surface area contributed by atoms with Crippen molar-refractivity contribution in [3.8, 4) is 5.75 Å². The van der Waals surface area contributed by atoms with Gasteiger partial charge in [-0.25, -0.2) is 9.59 Å². The second kappa shape index (κ2) is 11.0. The normalized spacial score (nSPS) is 10.1. The van der Waals surface area contributed by atoms with Gasteiger partial charge in [0.1, 0.15) is 12.4 Å². The lowest BCUT2D eigenvalue weighted by Crippen LogP contribution is -2.20. The molecule has 6 heteroatoms. The third-order valence-corrected chi connectivity index (χ3v) is 2.43. The van der Waals surface area contributed by atoms with E-state index in [9.17, 15) is 9.59 Å². The zero-order valence-corrected chi connectivity index (χ0v) is 13.7. The van der Waals surface area contributed by atoms with Crippen molar-refractivity contribution < 1.29 is 24.5 Å². The largest absolute Gasteiger partial charge is 0.508 e. The van der Waals surface area contributed by atoms with Crippen LogP contribution in [0.5, 0.6) is 5.75 Å². The number of hydrogen-bond donors (Lipinski definition) is 2. The van der Waals surface area contributed by atoms with E-state index in [0.29, 0.717) is 12.2 Å². The van der Waals surface area contributed by atoms with E-state index in [-0.39, 0.29) is 11.7 Å². The minimum Gasteiger partial charge on any atom is -0.508 e. The van der Waals surface area contributed by atoms with Gasteiger partial charge >= 0.3 is 11.9 Å². The van der Waals surface area contributed by atoms with Crippen molar-refractivity contribution in [2.75, 3.05) is 27.2 Å². The maximum absolute atomic E-state index is 10.8. The van der Waals surface area contributed by atoms with E-state index in [4.69, 9.17) is 14.9 Å². The molecule has 0 aliphatic heterocycles. The molecule has 0 spiro atoms. The monoisotopic (exact) mass is 321 g/mol. The molecule has 6 nitrogen and oxygen atoms in total. The number of carbonyl (C=O) groups is 2. The maximum atomic E-state index is 10.8. The first-order valence-electron chi connectivity index (χ1n) is 6.89. The Morgan fingerprint density at radius 3 is 2.26 bits per heavy atom. The Balaban J connectivity index is 0.000000423. The zero-order valence-electron chi connectivity index (χ0n) is 13.7. The molecule has 0 aliphatic rings. The first-order valence-corrected chi connectivity index (χ1v) is 6.89. The minimum absolute atomic E-state index is 0.169. The number of hydrogen-bond acceptors (Lipinski definition) is 5. The Morgan fingerprint density at radius 1 is 1.26 bits per heavy atom. The molecule has 0 bridgehead atoms. The third kappa shape index (κ3) is 11.7. The van der Waals surface area contributed by atoms with E-state index in [1.165, 1.54) is 18.2 Å². The van der Waals surface area contributed by atoms with Crippen molar-refractivity contribution in [3.63, 3.8) is 0 Å². The smallest absolute Gasteiger partial charge is 0.333 e. The summed E-state index contributed by atoms with van der Waals surface area (Å²) in [5.74, 6) is -1.13. The van der Waals surface area contributed by atoms with Gasteiger partial charge in [-0.15, -0.1) is 0 Å². The van der Waals surface area contributed by atoms with Crippen LogP contribution in [0.2, 0.25) is 0 Å². The molecule has 0 amide bonds. The number of nitrogens with zero attached hydrogens (tertiary/aromatic N) is 1. The van der Waals surface area contributed by atoms with Crippen molar-refractivity contribution in [1.82, 2.24) is 4.90 Å². The summed E-state index contributed by atoms with van der Waals surface area (Å²) in [6.45, 7) is 6.28. The molecule has 0 saturated carbocycles. The summed E-state index contributed by atoms with van der Waals surface area (Å²) in [6.07, 6.45) is 2.51. The topological polar surface area (TPSA) is 87.1 Å². The molecule has 2 N–H and O–H groups in total. The number of aliphatic carboxylic acids is 1. The fourth-order valence-corrected chi connectivity index (χ4v) is 1.20. The van der Waals surface area contributed by atoms with Crippen LogP contribution >= 0.6 is 0 Å². The van der Waals surface area contributed by atoms with Gasteiger partial charge in [0.15, 0.2) is 0 Å². The number of phenolic OH excluding ortho intramolecular Hbond substituents is 1. The number of benzene rings is 1. The summed E-state index contributed by atoms with van der Waals surface area (Å²) in [5, 5.41) is 17.2. The number of esters is 1. The lowest BCUT2D eigenvalue weighted by Gasteiger charge is -2.09. The van der Waals surface area contributed by atoms with Crippen molar-refractivity contribution in [2.45, 2.75) is 6.92 Å². The Morgan fingerprint density at radius 2 is 1.83 bits per heavy atom. The number of carboxylic acid groups (broad SMARTS) is 1. The van der Waals surface area contributed by atoms with E-state index in [1.54, 1.807) is 19.1 Å². The van der Waals surface area contributed by atoms with Gasteiger partial charge in [-0.3, -0.25) is 0 Å². The lowest BCUT2D eigenvalue weighted by atomic mass is 10.2. The second-order valence-corrected chi connectivity index (χ2v) is 4.98. The molecule has 0 atom stereocenters. The molecule has 0 aliphatic carbocycles. The van der Waals surface area contributed by atoms with Crippen LogP contribution in [0.15, 0.2) is 42.5 Å². The fourth-order valence-electron chi connectivity index (χ4n) is 1.20. The van der Waals surface area contributed by atoms with Crippen LogP contribution in [0.25, 0.3) is 6.08 Å². The summed E-state index contributed by atoms with van der Waals surface area (Å²) < 4.78 is 4.83. The van der Waals surface area contributed by atoms with Crippen LogP contribution in [0, 0.1) is 0 Å². The van der Waals surface area contributed by atoms with E-state index in [0.717, 1.165) is 18.2 Å². The maximum Gasteiger partial charge on any atom is 0.333 e. The van der Waals surface area contributed by atoms with Crippen LogP contribution in [-0.2, 0) is 14.3 Å². The Labute approximate surface area is 136 Å². The first-order chi connectivity index (χ1) is 10.7. The van der Waals surface area contributed by atoms with Crippen LogP contribution < -0.4 is 0 Å². The number of ether oxygens (including phenoxy) is 1. The molecule has 0 heterocycles. The SMILES string of the molecule is C=C(C)C(=O)OCCN(C)C.O=C(O)/C=C/c1ccc(O)cc1. The van der Waals surface area contributed by atoms with Crippen molar-refractivity contribution in [2.24, 2.45) is 0 Å². The molecule has 126 valence electrons. The Hall–Kier alpha value is -2.60. The highest BCUT2D eigenvalue weighted by Gasteiger charge is 2.01. The highest BCUT2D eigenvalue weighted by molar-refractivity contribution is 5.87. The number of rotatable bonds is 6. The average Bonchev–Trinajstić information content (AvgIpc) is 2.46. The standard InChI is InChI=1S/C9H8O3.C8H15NO2/c10-8-4-1-7(2-5-8)3-6-9(11)12;1-7(2)8(10)11-6-5-9(3)4/h1-6,10H,(H,11,12);1,5-6H2,2-4H3/b6-3+;. The average molecular weight is 321 g/mol. The Kier molecular flexibility index (Phi) is 9.78. The van der Waals surface area contributed by atoms with E-state index < -0.39 is 5.97 Å². The predicted molar refractivity (Wildman–Crippen MR) is 89.1 cm³/mol. The number of aromatic hydroxyl groups is 1. The molecule has 0 fully saturated rings. The molecule has 0 unspecified atom stereocenters. The summed E-state index contributed by atoms with van der Waals surface area (Å²) in [4.78, 5) is 22.8. The molecule has 0 saturated heterocycles. The second-order valence-electron chi connectivity index (χ2n) is 4.98. The summed E-state index contributed by atoms with van der Waals surface area (Å²) in [7, 11) is 3.85. The van der Waals surface area contributed by atoms with Crippen LogP contribution in [0.3, 0.4) is 0 Å². The van der Waals surface area contributed by atoms with Crippen LogP contribution in [-0.4, -0.2) is 54.3 Å². The fraction of sp³-hybridized carbons (Fsp3) is 0.294. The molecule has 1 aromatic carbocycles. The first kappa shape index (κ1) is 20.4. The Bertz CT molecular complexity index is 547. The number of phenols is 1. The molecular weight excluding hydrogens is 298 g/mol. The van der Waals surface area contributed by atoms with Gasteiger partial charge in [0.05, 0.1) is 0 Å². The van der Waals surface area contributed by atoms with Gasteiger partial charge < -0.3 is 19.8 Å². The predicted octanol–water partition coefficient (Wildman–Crippen LogP) is 2.16. The number of likely N-dealkylation sites (N-methyl/N-ethyl adjacent to an activating group) is 1. The molecule has 0 radical (unpaired) electrons. The van der Waals surface area contributed by atoms with E-state index in [1.807, 2.05) is 19.0 Å². The summed E-state index contributed by atoms with van der Waals surface area (Å²) in [5.41, 5.74) is 1.19. The lowest BCUT2D eigenvalue weighted by molar-refractivity contribution is -0.139. The van der Waals surface area contributed by atoms with Crippen molar-refractivity contribution in [3.05, 3.63) is 48.1 Å².